The maximum Gasteiger partial charge on any atom is 0.132 e. The van der Waals surface area contributed by atoms with E-state index in [0.717, 1.165) is 30.5 Å². The van der Waals surface area contributed by atoms with E-state index in [1.54, 1.807) is 12.1 Å². The van der Waals surface area contributed by atoms with Gasteiger partial charge in [-0.25, -0.2) is 4.39 Å². The fourth-order valence-electron chi connectivity index (χ4n) is 2.91. The molecular formula is C19H21ClFNO2. The van der Waals surface area contributed by atoms with Crippen molar-refractivity contribution in [1.82, 2.24) is 5.32 Å². The molecule has 0 amide bonds. The van der Waals surface area contributed by atoms with Crippen molar-refractivity contribution < 1.29 is 14.2 Å². The average Bonchev–Trinajstić information content (AvgIpc) is 2.50. The second-order valence-electron chi connectivity index (χ2n) is 6.39. The molecule has 0 radical (unpaired) electrons. The van der Waals surface area contributed by atoms with Crippen LogP contribution in [0.1, 0.15) is 24.0 Å². The largest absolute Gasteiger partial charge is 0.457 e. The van der Waals surface area contributed by atoms with E-state index < -0.39 is 0 Å². The van der Waals surface area contributed by atoms with Crippen molar-refractivity contribution in [1.29, 1.82) is 0 Å². The molecule has 0 atom stereocenters. The number of benzene rings is 2. The molecule has 128 valence electrons. The molecule has 0 aromatic heterocycles. The first kappa shape index (κ1) is 17.2. The molecule has 0 saturated heterocycles. The topological polar surface area (TPSA) is 41.5 Å². The maximum atomic E-state index is 13.6. The lowest BCUT2D eigenvalue weighted by molar-refractivity contribution is 0.0429. The SMILES string of the molecule is Cc1cc(Cl)ccc1Oc1ccc(F)cc1CNCC1CC(O)C1. The van der Waals surface area contributed by atoms with Gasteiger partial charge < -0.3 is 15.2 Å². The summed E-state index contributed by atoms with van der Waals surface area (Å²) in [5.41, 5.74) is 1.69. The molecule has 0 unspecified atom stereocenters. The zero-order valence-corrected chi connectivity index (χ0v) is 14.3. The molecule has 24 heavy (non-hydrogen) atoms. The third-order valence-electron chi connectivity index (χ3n) is 4.34. The van der Waals surface area contributed by atoms with Crippen LogP contribution in [0.25, 0.3) is 0 Å². The quantitative estimate of drug-likeness (QED) is 0.810. The first-order valence-corrected chi connectivity index (χ1v) is 8.50. The van der Waals surface area contributed by atoms with Gasteiger partial charge in [-0.15, -0.1) is 0 Å². The van der Waals surface area contributed by atoms with Crippen molar-refractivity contribution in [2.45, 2.75) is 32.4 Å². The molecule has 0 spiro atoms. The highest BCUT2D eigenvalue weighted by Crippen LogP contribution is 2.30. The molecule has 1 aliphatic rings. The lowest BCUT2D eigenvalue weighted by Gasteiger charge is -2.31. The Bertz CT molecular complexity index is 717. The van der Waals surface area contributed by atoms with Crippen molar-refractivity contribution >= 4 is 11.6 Å². The van der Waals surface area contributed by atoms with E-state index in [-0.39, 0.29) is 11.9 Å². The molecule has 5 heteroatoms. The summed E-state index contributed by atoms with van der Waals surface area (Å²) in [6.45, 7) is 3.25. The Morgan fingerprint density at radius 1 is 1.21 bits per heavy atom. The van der Waals surface area contributed by atoms with Crippen LogP contribution in [0.4, 0.5) is 4.39 Å². The molecule has 2 N–H and O–H groups in total. The number of hydrogen-bond acceptors (Lipinski definition) is 3. The van der Waals surface area contributed by atoms with Crippen molar-refractivity contribution in [2.75, 3.05) is 6.54 Å². The number of aryl methyl sites for hydroxylation is 1. The highest BCUT2D eigenvalue weighted by atomic mass is 35.5. The van der Waals surface area contributed by atoms with Crippen LogP contribution in [0.15, 0.2) is 36.4 Å². The Balaban J connectivity index is 1.68. The number of rotatable bonds is 6. The summed E-state index contributed by atoms with van der Waals surface area (Å²) < 4.78 is 19.6. The molecule has 0 bridgehead atoms. The first-order valence-electron chi connectivity index (χ1n) is 8.12. The van der Waals surface area contributed by atoms with Crippen LogP contribution in [0.2, 0.25) is 5.02 Å². The smallest absolute Gasteiger partial charge is 0.132 e. The Morgan fingerprint density at radius 2 is 1.96 bits per heavy atom. The van der Waals surface area contributed by atoms with Gasteiger partial charge >= 0.3 is 0 Å². The standard InChI is InChI=1S/C19H21ClFNO2/c1-12-6-15(20)2-4-18(12)24-19-5-3-16(21)9-14(19)11-22-10-13-7-17(23)8-13/h2-6,9,13,17,22-23H,7-8,10-11H2,1H3. The number of halogens is 2. The highest BCUT2D eigenvalue weighted by Gasteiger charge is 2.26. The van der Waals surface area contributed by atoms with Crippen molar-refractivity contribution in [2.24, 2.45) is 5.92 Å². The molecule has 1 fully saturated rings. The lowest BCUT2D eigenvalue weighted by atomic mass is 9.82. The van der Waals surface area contributed by atoms with Crippen LogP contribution < -0.4 is 10.1 Å². The van der Waals surface area contributed by atoms with Crippen LogP contribution in [-0.2, 0) is 6.54 Å². The average molecular weight is 350 g/mol. The molecule has 3 rings (SSSR count). The summed E-state index contributed by atoms with van der Waals surface area (Å²) in [6.07, 6.45) is 1.52. The van der Waals surface area contributed by atoms with E-state index in [0.29, 0.717) is 29.0 Å². The van der Waals surface area contributed by atoms with E-state index in [1.165, 1.54) is 12.1 Å². The fourth-order valence-corrected chi connectivity index (χ4v) is 3.14. The van der Waals surface area contributed by atoms with Crippen molar-refractivity contribution in [3.8, 4) is 11.5 Å². The molecular weight excluding hydrogens is 329 g/mol. The van der Waals surface area contributed by atoms with Gasteiger partial charge in [0.25, 0.3) is 0 Å². The van der Waals surface area contributed by atoms with E-state index in [9.17, 15) is 9.50 Å². The minimum atomic E-state index is -0.286. The summed E-state index contributed by atoms with van der Waals surface area (Å²) in [6, 6.07) is 9.95. The molecule has 2 aromatic carbocycles. The Labute approximate surface area is 146 Å². The second-order valence-corrected chi connectivity index (χ2v) is 6.82. The lowest BCUT2D eigenvalue weighted by Crippen LogP contribution is -2.35. The van der Waals surface area contributed by atoms with Gasteiger partial charge in [0.1, 0.15) is 17.3 Å². The van der Waals surface area contributed by atoms with Crippen LogP contribution in [0.3, 0.4) is 0 Å². The van der Waals surface area contributed by atoms with E-state index >= 15 is 0 Å². The third kappa shape index (κ3) is 4.26. The number of hydrogen-bond donors (Lipinski definition) is 2. The van der Waals surface area contributed by atoms with Gasteiger partial charge in [-0.1, -0.05) is 11.6 Å². The first-order chi connectivity index (χ1) is 11.5. The Hall–Kier alpha value is -1.62. The Morgan fingerprint density at radius 3 is 2.67 bits per heavy atom. The van der Waals surface area contributed by atoms with Gasteiger partial charge in [0, 0.05) is 17.1 Å². The zero-order chi connectivity index (χ0) is 17.1. The van der Waals surface area contributed by atoms with Gasteiger partial charge in [-0.05, 0) is 74.2 Å². The molecule has 2 aromatic rings. The summed E-state index contributed by atoms with van der Waals surface area (Å²) >= 11 is 5.97. The van der Waals surface area contributed by atoms with Gasteiger partial charge in [0.15, 0.2) is 0 Å². The molecule has 3 nitrogen and oxygen atoms in total. The summed E-state index contributed by atoms with van der Waals surface area (Å²) in [7, 11) is 0. The van der Waals surface area contributed by atoms with E-state index in [4.69, 9.17) is 16.3 Å². The van der Waals surface area contributed by atoms with Crippen LogP contribution >= 0.6 is 11.6 Å². The normalized spacial score (nSPS) is 19.8. The number of aliphatic hydroxyl groups excluding tert-OH is 1. The predicted octanol–water partition coefficient (Wildman–Crippen LogP) is 4.44. The highest BCUT2D eigenvalue weighted by molar-refractivity contribution is 6.30. The van der Waals surface area contributed by atoms with Crippen LogP contribution in [0.5, 0.6) is 11.5 Å². The molecule has 0 aliphatic heterocycles. The Kier molecular flexibility index (Phi) is 5.39. The van der Waals surface area contributed by atoms with Crippen LogP contribution in [0, 0.1) is 18.7 Å². The summed E-state index contributed by atoms with van der Waals surface area (Å²) in [4.78, 5) is 0. The molecule has 1 saturated carbocycles. The second kappa shape index (κ2) is 7.51. The van der Waals surface area contributed by atoms with Gasteiger partial charge in [-0.2, -0.15) is 0 Å². The maximum absolute atomic E-state index is 13.6. The van der Waals surface area contributed by atoms with Crippen molar-refractivity contribution in [3.63, 3.8) is 0 Å². The number of nitrogens with one attached hydrogen (secondary N) is 1. The zero-order valence-electron chi connectivity index (χ0n) is 13.6. The predicted molar refractivity (Wildman–Crippen MR) is 93.1 cm³/mol. The summed E-state index contributed by atoms with van der Waals surface area (Å²) in [5, 5.41) is 13.3. The van der Waals surface area contributed by atoms with Crippen molar-refractivity contribution in [3.05, 3.63) is 58.4 Å². The number of aliphatic hydroxyl groups is 1. The third-order valence-corrected chi connectivity index (χ3v) is 4.57. The van der Waals surface area contributed by atoms with Gasteiger partial charge in [-0.3, -0.25) is 0 Å². The van der Waals surface area contributed by atoms with Gasteiger partial charge in [0.2, 0.25) is 0 Å². The van der Waals surface area contributed by atoms with Gasteiger partial charge in [0.05, 0.1) is 6.10 Å². The van der Waals surface area contributed by atoms with E-state index in [1.807, 2.05) is 19.1 Å². The monoisotopic (exact) mass is 349 g/mol. The minimum absolute atomic E-state index is 0.155. The fraction of sp³-hybridized carbons (Fsp3) is 0.368. The minimum Gasteiger partial charge on any atom is -0.457 e. The molecule has 0 heterocycles. The number of ether oxygens (including phenoxy) is 1. The van der Waals surface area contributed by atoms with Crippen LogP contribution in [-0.4, -0.2) is 17.8 Å². The summed E-state index contributed by atoms with van der Waals surface area (Å²) in [5.74, 6) is 1.54. The van der Waals surface area contributed by atoms with E-state index in [2.05, 4.69) is 5.32 Å². The molecule has 1 aliphatic carbocycles.